The van der Waals surface area contributed by atoms with E-state index in [1.165, 1.54) is 7.11 Å². The summed E-state index contributed by atoms with van der Waals surface area (Å²) in [5, 5.41) is 15.6. The van der Waals surface area contributed by atoms with Crippen LogP contribution >= 0.6 is 0 Å². The van der Waals surface area contributed by atoms with Gasteiger partial charge in [0, 0.05) is 18.0 Å². The molecule has 1 N–H and O–H groups in total. The highest BCUT2D eigenvalue weighted by Gasteiger charge is 2.29. The van der Waals surface area contributed by atoms with Gasteiger partial charge >= 0.3 is 5.69 Å². The average molecular weight is 317 g/mol. The topological polar surface area (TPSA) is 86.5 Å². The second-order valence-corrected chi connectivity index (χ2v) is 5.67. The zero-order chi connectivity index (χ0) is 16.4. The summed E-state index contributed by atoms with van der Waals surface area (Å²) >= 11 is 0. The number of ether oxygens (including phenoxy) is 2. The first-order valence-electron chi connectivity index (χ1n) is 7.59. The maximum atomic E-state index is 11.6. The standard InChI is InChI=1S/C16H19N3O4/c1-10-9-11(7-8-23-10)17-14-12-5-3-4-6-13(12)18-16(22-2)15(14)19(20)21/h3-6,10-11H,7-9H2,1-2H3,(H,17,18). The molecule has 23 heavy (non-hydrogen) atoms. The molecule has 1 aromatic carbocycles. The minimum Gasteiger partial charge on any atom is -0.476 e. The molecule has 0 amide bonds. The molecule has 1 saturated heterocycles. The molecule has 1 fully saturated rings. The number of fused-ring (bicyclic) bond motifs is 1. The number of nitrogens with one attached hydrogen (secondary N) is 1. The molecule has 0 radical (unpaired) electrons. The van der Waals surface area contributed by atoms with Gasteiger partial charge in [0.05, 0.1) is 23.7 Å². The lowest BCUT2D eigenvalue weighted by molar-refractivity contribution is -0.385. The molecule has 7 nitrogen and oxygen atoms in total. The van der Waals surface area contributed by atoms with Gasteiger partial charge in [-0.3, -0.25) is 10.1 Å². The van der Waals surface area contributed by atoms with Crippen molar-refractivity contribution in [2.45, 2.75) is 31.9 Å². The number of hydrogen-bond donors (Lipinski definition) is 1. The van der Waals surface area contributed by atoms with Gasteiger partial charge in [0.2, 0.25) is 0 Å². The summed E-state index contributed by atoms with van der Waals surface area (Å²) in [4.78, 5) is 15.4. The van der Waals surface area contributed by atoms with Crippen LogP contribution in [0.4, 0.5) is 11.4 Å². The zero-order valence-corrected chi connectivity index (χ0v) is 13.1. The molecule has 122 valence electrons. The van der Waals surface area contributed by atoms with Crippen molar-refractivity contribution >= 4 is 22.3 Å². The Balaban J connectivity index is 2.11. The van der Waals surface area contributed by atoms with Crippen LogP contribution in [0.15, 0.2) is 24.3 Å². The number of anilines is 1. The number of pyridine rings is 1. The summed E-state index contributed by atoms with van der Waals surface area (Å²) < 4.78 is 10.7. The second kappa shape index (κ2) is 6.37. The van der Waals surface area contributed by atoms with Crippen LogP contribution in [0.5, 0.6) is 5.88 Å². The number of nitro groups is 1. The summed E-state index contributed by atoms with van der Waals surface area (Å²) in [5.41, 5.74) is 1.01. The highest BCUT2D eigenvalue weighted by atomic mass is 16.6. The van der Waals surface area contributed by atoms with Crippen LogP contribution in [-0.4, -0.2) is 35.8 Å². The molecule has 0 bridgehead atoms. The van der Waals surface area contributed by atoms with Crippen molar-refractivity contribution in [1.29, 1.82) is 0 Å². The molecule has 0 aliphatic carbocycles. The zero-order valence-electron chi connectivity index (χ0n) is 13.1. The predicted octanol–water partition coefficient (Wildman–Crippen LogP) is 3.13. The Bertz CT molecular complexity index is 735. The van der Waals surface area contributed by atoms with Crippen LogP contribution in [0, 0.1) is 10.1 Å². The highest BCUT2D eigenvalue weighted by Crippen LogP contribution is 2.40. The Morgan fingerprint density at radius 3 is 2.91 bits per heavy atom. The van der Waals surface area contributed by atoms with Crippen LogP contribution in [0.1, 0.15) is 19.8 Å². The van der Waals surface area contributed by atoms with Crippen molar-refractivity contribution in [2.75, 3.05) is 19.0 Å². The first-order valence-corrected chi connectivity index (χ1v) is 7.59. The van der Waals surface area contributed by atoms with E-state index in [-0.39, 0.29) is 23.7 Å². The van der Waals surface area contributed by atoms with Crippen molar-refractivity contribution in [3.05, 3.63) is 34.4 Å². The summed E-state index contributed by atoms with van der Waals surface area (Å²) in [6, 6.07) is 7.46. The molecular formula is C16H19N3O4. The number of benzene rings is 1. The van der Waals surface area contributed by atoms with E-state index < -0.39 is 4.92 Å². The number of rotatable bonds is 4. The van der Waals surface area contributed by atoms with Crippen molar-refractivity contribution < 1.29 is 14.4 Å². The van der Waals surface area contributed by atoms with Gasteiger partial charge in [-0.15, -0.1) is 0 Å². The third-order valence-corrected chi connectivity index (χ3v) is 4.04. The summed E-state index contributed by atoms with van der Waals surface area (Å²) in [6.07, 6.45) is 1.74. The fourth-order valence-corrected chi connectivity index (χ4v) is 2.97. The Hall–Kier alpha value is -2.41. The summed E-state index contributed by atoms with van der Waals surface area (Å²) in [7, 11) is 1.39. The van der Waals surface area contributed by atoms with Crippen LogP contribution in [0.3, 0.4) is 0 Å². The molecule has 0 spiro atoms. The number of aromatic nitrogens is 1. The average Bonchev–Trinajstić information content (AvgIpc) is 2.54. The number of hydrogen-bond acceptors (Lipinski definition) is 6. The second-order valence-electron chi connectivity index (χ2n) is 5.67. The van der Waals surface area contributed by atoms with Crippen molar-refractivity contribution in [1.82, 2.24) is 4.98 Å². The van der Waals surface area contributed by atoms with E-state index in [2.05, 4.69) is 10.3 Å². The smallest absolute Gasteiger partial charge is 0.354 e. The van der Waals surface area contributed by atoms with Gasteiger partial charge in [0.25, 0.3) is 5.88 Å². The SMILES string of the molecule is COc1nc2ccccc2c(NC2CCOC(C)C2)c1[N+](=O)[O-]. The normalized spacial score (nSPS) is 21.1. The predicted molar refractivity (Wildman–Crippen MR) is 87.0 cm³/mol. The van der Waals surface area contributed by atoms with Crippen molar-refractivity contribution in [3.63, 3.8) is 0 Å². The van der Waals surface area contributed by atoms with Gasteiger partial charge in [-0.1, -0.05) is 18.2 Å². The molecule has 7 heteroatoms. The van der Waals surface area contributed by atoms with E-state index in [0.717, 1.165) is 18.2 Å². The molecule has 2 aromatic rings. The fourth-order valence-electron chi connectivity index (χ4n) is 2.97. The fraction of sp³-hybridized carbons (Fsp3) is 0.438. The quantitative estimate of drug-likeness (QED) is 0.688. The molecule has 1 aliphatic rings. The van der Waals surface area contributed by atoms with Gasteiger partial charge in [-0.2, -0.15) is 0 Å². The first-order chi connectivity index (χ1) is 11.1. The maximum absolute atomic E-state index is 11.6. The van der Waals surface area contributed by atoms with E-state index in [1.54, 1.807) is 0 Å². The number of para-hydroxylation sites is 1. The lowest BCUT2D eigenvalue weighted by Crippen LogP contribution is -2.32. The minimum atomic E-state index is -0.441. The third kappa shape index (κ3) is 3.05. The van der Waals surface area contributed by atoms with Crippen LogP contribution in [0.25, 0.3) is 10.9 Å². The van der Waals surface area contributed by atoms with E-state index in [1.807, 2.05) is 31.2 Å². The highest BCUT2D eigenvalue weighted by molar-refractivity contribution is 5.97. The van der Waals surface area contributed by atoms with Crippen LogP contribution in [0.2, 0.25) is 0 Å². The Kier molecular flexibility index (Phi) is 4.29. The molecule has 2 unspecified atom stereocenters. The molecule has 0 saturated carbocycles. The van der Waals surface area contributed by atoms with Crippen molar-refractivity contribution in [3.8, 4) is 5.88 Å². The van der Waals surface area contributed by atoms with Gasteiger partial charge in [0.15, 0.2) is 0 Å². The Morgan fingerprint density at radius 1 is 1.43 bits per heavy atom. The molecular weight excluding hydrogens is 298 g/mol. The van der Waals surface area contributed by atoms with Crippen molar-refractivity contribution in [2.24, 2.45) is 0 Å². The Labute approximate surface area is 133 Å². The molecule has 3 rings (SSSR count). The Morgan fingerprint density at radius 2 is 2.22 bits per heavy atom. The number of methoxy groups -OCH3 is 1. The largest absolute Gasteiger partial charge is 0.476 e. The molecule has 2 heterocycles. The first kappa shape index (κ1) is 15.5. The summed E-state index contributed by atoms with van der Waals surface area (Å²) in [5.74, 6) is 0.0244. The number of nitrogens with zero attached hydrogens (tertiary/aromatic N) is 2. The van der Waals surface area contributed by atoms with Crippen LogP contribution < -0.4 is 10.1 Å². The maximum Gasteiger partial charge on any atom is 0.354 e. The van der Waals surface area contributed by atoms with Gasteiger partial charge in [-0.25, -0.2) is 4.98 Å². The summed E-state index contributed by atoms with van der Waals surface area (Å²) in [6.45, 7) is 2.65. The molecule has 1 aromatic heterocycles. The van der Waals surface area contributed by atoms with E-state index in [0.29, 0.717) is 17.8 Å². The van der Waals surface area contributed by atoms with Crippen LogP contribution in [-0.2, 0) is 4.74 Å². The molecule has 2 atom stereocenters. The third-order valence-electron chi connectivity index (χ3n) is 4.04. The molecule has 1 aliphatic heterocycles. The monoisotopic (exact) mass is 317 g/mol. The van der Waals surface area contributed by atoms with Gasteiger partial charge in [-0.05, 0) is 25.8 Å². The van der Waals surface area contributed by atoms with Gasteiger partial charge < -0.3 is 14.8 Å². The lowest BCUT2D eigenvalue weighted by atomic mass is 10.0. The lowest BCUT2D eigenvalue weighted by Gasteiger charge is -2.29. The van der Waals surface area contributed by atoms with E-state index in [9.17, 15) is 10.1 Å². The minimum absolute atomic E-state index is 0.0244. The van der Waals surface area contributed by atoms with Gasteiger partial charge in [0.1, 0.15) is 5.69 Å². The van der Waals surface area contributed by atoms with E-state index in [4.69, 9.17) is 9.47 Å². The van der Waals surface area contributed by atoms with E-state index >= 15 is 0 Å².